The fourth-order valence-corrected chi connectivity index (χ4v) is 4.70. The van der Waals surface area contributed by atoms with E-state index in [1.807, 2.05) is 0 Å². The van der Waals surface area contributed by atoms with Gasteiger partial charge in [0.1, 0.15) is 12.6 Å². The van der Waals surface area contributed by atoms with Gasteiger partial charge in [0.25, 0.3) is 0 Å². The number of nitrogens with zero attached hydrogens (tertiary/aromatic N) is 1. The second kappa shape index (κ2) is 22.6. The summed E-state index contributed by atoms with van der Waals surface area (Å²) < 4.78 is 5.47. The van der Waals surface area contributed by atoms with E-state index in [1.54, 1.807) is 0 Å². The number of amides is 2. The van der Waals surface area contributed by atoms with Gasteiger partial charge in [0.05, 0.1) is 6.54 Å². The highest BCUT2D eigenvalue weighted by Gasteiger charge is 2.26. The molecule has 0 saturated carbocycles. The molecule has 0 aromatic rings. The molecule has 0 radical (unpaired) electrons. The summed E-state index contributed by atoms with van der Waals surface area (Å²) in [7, 11) is 0. The van der Waals surface area contributed by atoms with E-state index in [9.17, 15) is 14.4 Å². The van der Waals surface area contributed by atoms with Crippen molar-refractivity contribution in [1.29, 1.82) is 0 Å². The summed E-state index contributed by atoms with van der Waals surface area (Å²) in [5.41, 5.74) is 0. The molecule has 1 saturated heterocycles. The highest BCUT2D eigenvalue weighted by molar-refractivity contribution is 5.94. The van der Waals surface area contributed by atoms with Gasteiger partial charge in [-0.25, -0.2) is 0 Å². The quantitative estimate of drug-likeness (QED) is 0.132. The third kappa shape index (κ3) is 17.7. The van der Waals surface area contributed by atoms with Crippen molar-refractivity contribution in [3.8, 4) is 0 Å². The smallest absolute Gasteiger partial charge is 0.305 e. The van der Waals surface area contributed by atoms with Crippen LogP contribution in [0.15, 0.2) is 0 Å². The molecule has 1 atom stereocenters. The number of piperazine rings is 1. The average Bonchev–Trinajstić information content (AvgIpc) is 2.87. The van der Waals surface area contributed by atoms with Crippen LogP contribution in [0.2, 0.25) is 0 Å². The average molecular weight is 510 g/mol. The van der Waals surface area contributed by atoms with Crippen molar-refractivity contribution < 1.29 is 19.1 Å². The Morgan fingerprint density at radius 3 is 1.81 bits per heavy atom. The Morgan fingerprint density at radius 2 is 1.28 bits per heavy atom. The SMILES string of the molecule is CCCCCCCCCCN(CCCCCCCCCC)CCOC(=O)CC[C@@H]1NC(=O)CNC1=O. The largest absolute Gasteiger partial charge is 0.464 e. The number of unbranched alkanes of at least 4 members (excludes halogenated alkanes) is 14. The van der Waals surface area contributed by atoms with Crippen LogP contribution in [-0.4, -0.2) is 61.5 Å². The molecule has 0 spiro atoms. The van der Waals surface area contributed by atoms with E-state index in [-0.39, 0.29) is 37.2 Å². The van der Waals surface area contributed by atoms with Crippen molar-refractivity contribution in [2.45, 2.75) is 135 Å². The Labute approximate surface area is 220 Å². The number of esters is 1. The highest BCUT2D eigenvalue weighted by Crippen LogP contribution is 2.11. The van der Waals surface area contributed by atoms with Gasteiger partial charge >= 0.3 is 5.97 Å². The van der Waals surface area contributed by atoms with E-state index < -0.39 is 6.04 Å². The minimum Gasteiger partial charge on any atom is -0.464 e. The Bertz CT molecular complexity index is 565. The maximum Gasteiger partial charge on any atom is 0.305 e. The second-order valence-corrected chi connectivity index (χ2v) is 10.4. The van der Waals surface area contributed by atoms with Crippen molar-refractivity contribution in [1.82, 2.24) is 15.5 Å². The molecule has 210 valence electrons. The molecule has 36 heavy (non-hydrogen) atoms. The lowest BCUT2D eigenvalue weighted by atomic mass is 10.1. The van der Waals surface area contributed by atoms with Crippen molar-refractivity contribution in [2.75, 3.05) is 32.8 Å². The molecule has 0 unspecified atom stereocenters. The Hall–Kier alpha value is -1.63. The summed E-state index contributed by atoms with van der Waals surface area (Å²) in [4.78, 5) is 37.9. The number of nitrogens with one attached hydrogen (secondary N) is 2. The maximum atomic E-state index is 12.2. The van der Waals surface area contributed by atoms with Crippen LogP contribution >= 0.6 is 0 Å². The molecule has 2 amide bonds. The van der Waals surface area contributed by atoms with Crippen molar-refractivity contribution in [2.24, 2.45) is 0 Å². The van der Waals surface area contributed by atoms with E-state index in [0.717, 1.165) is 19.6 Å². The van der Waals surface area contributed by atoms with Gasteiger partial charge in [-0.15, -0.1) is 0 Å². The topological polar surface area (TPSA) is 87.7 Å². The minimum atomic E-state index is -0.640. The number of carbonyl (C=O) groups is 3. The normalized spacial score (nSPS) is 15.7. The monoisotopic (exact) mass is 509 g/mol. The predicted molar refractivity (Wildman–Crippen MR) is 147 cm³/mol. The summed E-state index contributed by atoms with van der Waals surface area (Å²) in [5.74, 6) is -0.753. The van der Waals surface area contributed by atoms with Crippen LogP contribution in [0.25, 0.3) is 0 Å². The number of ether oxygens (including phenoxy) is 1. The van der Waals surface area contributed by atoms with Crippen LogP contribution < -0.4 is 10.6 Å². The molecular weight excluding hydrogens is 454 g/mol. The van der Waals surface area contributed by atoms with E-state index in [0.29, 0.717) is 6.61 Å². The van der Waals surface area contributed by atoms with Crippen molar-refractivity contribution in [3.63, 3.8) is 0 Å². The molecule has 0 aromatic carbocycles. The third-order valence-electron chi connectivity index (χ3n) is 7.04. The highest BCUT2D eigenvalue weighted by atomic mass is 16.5. The zero-order valence-electron chi connectivity index (χ0n) is 23.4. The van der Waals surface area contributed by atoms with Crippen LogP contribution in [0.3, 0.4) is 0 Å². The molecule has 0 bridgehead atoms. The Morgan fingerprint density at radius 1 is 0.778 bits per heavy atom. The first-order valence-corrected chi connectivity index (χ1v) is 15.0. The Balaban J connectivity index is 2.25. The van der Waals surface area contributed by atoms with Gasteiger partial charge in [0.15, 0.2) is 0 Å². The van der Waals surface area contributed by atoms with Gasteiger partial charge in [-0.1, -0.05) is 104 Å². The number of carbonyl (C=O) groups excluding carboxylic acids is 3. The first-order valence-electron chi connectivity index (χ1n) is 15.0. The first kappa shape index (κ1) is 32.4. The summed E-state index contributed by atoms with van der Waals surface area (Å²) >= 11 is 0. The standard InChI is InChI=1S/C29H55N3O4/c1-3-5-7-9-11-13-15-17-21-32(22-18-16-14-12-10-8-6-4-2)23-24-36-28(34)20-19-26-29(35)30-25-27(33)31-26/h26H,3-25H2,1-2H3,(H,30,35)(H,31,33)/t26-/m0/s1. The van der Waals surface area contributed by atoms with Gasteiger partial charge in [0.2, 0.25) is 11.8 Å². The van der Waals surface area contributed by atoms with Gasteiger partial charge in [-0.05, 0) is 32.4 Å². The van der Waals surface area contributed by atoms with Crippen molar-refractivity contribution in [3.05, 3.63) is 0 Å². The van der Waals surface area contributed by atoms with Crippen LogP contribution in [0.4, 0.5) is 0 Å². The van der Waals surface area contributed by atoms with Crippen LogP contribution in [0, 0.1) is 0 Å². The van der Waals surface area contributed by atoms with Crippen LogP contribution in [-0.2, 0) is 19.1 Å². The molecule has 2 N–H and O–H groups in total. The molecule has 1 aliphatic heterocycles. The zero-order valence-corrected chi connectivity index (χ0v) is 23.4. The van der Waals surface area contributed by atoms with Crippen LogP contribution in [0.1, 0.15) is 129 Å². The lowest BCUT2D eigenvalue weighted by Crippen LogP contribution is -2.56. The van der Waals surface area contributed by atoms with E-state index in [1.165, 1.54) is 103 Å². The fraction of sp³-hybridized carbons (Fsp3) is 0.897. The lowest BCUT2D eigenvalue weighted by Gasteiger charge is -2.23. The molecule has 7 heteroatoms. The van der Waals surface area contributed by atoms with Crippen LogP contribution in [0.5, 0.6) is 0 Å². The molecule has 7 nitrogen and oxygen atoms in total. The van der Waals surface area contributed by atoms with E-state index >= 15 is 0 Å². The summed E-state index contributed by atoms with van der Waals surface area (Å²) in [6.07, 6.45) is 21.4. The molecular formula is C29H55N3O4. The molecule has 0 aliphatic carbocycles. The molecule has 1 heterocycles. The molecule has 1 fully saturated rings. The summed E-state index contributed by atoms with van der Waals surface area (Å²) in [5, 5.41) is 5.16. The third-order valence-corrected chi connectivity index (χ3v) is 7.04. The maximum absolute atomic E-state index is 12.2. The lowest BCUT2D eigenvalue weighted by molar-refractivity contribution is -0.145. The van der Waals surface area contributed by atoms with Gasteiger partial charge in [-0.2, -0.15) is 0 Å². The number of rotatable bonds is 24. The van der Waals surface area contributed by atoms with Gasteiger partial charge in [0, 0.05) is 13.0 Å². The summed E-state index contributed by atoms with van der Waals surface area (Å²) in [6, 6.07) is -0.640. The number of hydrogen-bond donors (Lipinski definition) is 2. The second-order valence-electron chi connectivity index (χ2n) is 10.4. The van der Waals surface area contributed by atoms with E-state index in [2.05, 4.69) is 29.4 Å². The van der Waals surface area contributed by atoms with Gasteiger partial charge < -0.3 is 15.4 Å². The minimum absolute atomic E-state index is 0.00727. The first-order chi connectivity index (χ1) is 17.6. The fourth-order valence-electron chi connectivity index (χ4n) is 4.70. The number of hydrogen-bond acceptors (Lipinski definition) is 5. The molecule has 1 aliphatic rings. The summed E-state index contributed by atoms with van der Waals surface area (Å²) in [6.45, 7) is 7.80. The van der Waals surface area contributed by atoms with Gasteiger partial charge in [-0.3, -0.25) is 19.3 Å². The molecule has 1 rings (SSSR count). The van der Waals surface area contributed by atoms with Crippen molar-refractivity contribution >= 4 is 17.8 Å². The predicted octanol–water partition coefficient (Wildman–Crippen LogP) is 5.51. The van der Waals surface area contributed by atoms with E-state index in [4.69, 9.17) is 4.74 Å². The Kier molecular flexibility index (Phi) is 20.3. The molecule has 0 aromatic heterocycles. The zero-order chi connectivity index (χ0) is 26.3.